The van der Waals surface area contributed by atoms with E-state index in [1.54, 1.807) is 31.2 Å². The maximum atomic E-state index is 14.2. The van der Waals surface area contributed by atoms with Crippen LogP contribution in [-0.4, -0.2) is 41.5 Å². The lowest BCUT2D eigenvalue weighted by Crippen LogP contribution is -2.44. The van der Waals surface area contributed by atoms with Crippen molar-refractivity contribution in [1.29, 1.82) is 0 Å². The fraction of sp³-hybridized carbons (Fsp3) is 0.324. The number of rotatable bonds is 7. The van der Waals surface area contributed by atoms with Crippen molar-refractivity contribution in [1.82, 2.24) is 15.2 Å². The number of hydrogen-bond donors (Lipinski definition) is 2. The monoisotopic (exact) mass is 572 g/mol. The molecule has 8 heteroatoms. The Morgan fingerprint density at radius 3 is 2.48 bits per heavy atom. The van der Waals surface area contributed by atoms with Gasteiger partial charge in [-0.1, -0.05) is 30.3 Å². The molecule has 0 aliphatic carbocycles. The van der Waals surface area contributed by atoms with Crippen LogP contribution in [0, 0.1) is 5.82 Å². The van der Waals surface area contributed by atoms with Gasteiger partial charge in [0.1, 0.15) is 5.82 Å². The zero-order valence-electron chi connectivity index (χ0n) is 23.7. The topological polar surface area (TPSA) is 51.4 Å². The minimum atomic E-state index is -2.97. The number of hydrogen-bond acceptors (Lipinski definition) is 3. The molecule has 218 valence electrons. The molecule has 2 aliphatic rings. The maximum absolute atomic E-state index is 14.2. The Labute approximate surface area is 244 Å². The highest BCUT2D eigenvalue weighted by molar-refractivity contribution is 5.99. The van der Waals surface area contributed by atoms with Crippen molar-refractivity contribution in [3.63, 3.8) is 0 Å². The van der Waals surface area contributed by atoms with Gasteiger partial charge in [-0.25, -0.2) is 4.39 Å². The molecule has 3 aromatic carbocycles. The van der Waals surface area contributed by atoms with Crippen molar-refractivity contribution in [2.75, 3.05) is 24.5 Å². The lowest BCUT2D eigenvalue weighted by molar-refractivity contribution is 0.0519. The molecular weight excluding hydrogens is 537 g/mol. The molecule has 6 rings (SSSR count). The molecule has 0 saturated carbocycles. The van der Waals surface area contributed by atoms with Crippen molar-refractivity contribution < 1.29 is 18.0 Å². The van der Waals surface area contributed by atoms with E-state index in [1.807, 2.05) is 18.2 Å². The Bertz CT molecular complexity index is 1590. The van der Waals surface area contributed by atoms with Crippen LogP contribution >= 0.6 is 0 Å². The third kappa shape index (κ3) is 5.95. The van der Waals surface area contributed by atoms with Gasteiger partial charge in [-0.3, -0.25) is 9.69 Å². The second kappa shape index (κ2) is 11.7. The Hall–Kier alpha value is -4.04. The van der Waals surface area contributed by atoms with E-state index in [4.69, 9.17) is 0 Å². The summed E-state index contributed by atoms with van der Waals surface area (Å²) in [7, 11) is 0. The number of aromatic nitrogens is 1. The summed E-state index contributed by atoms with van der Waals surface area (Å²) in [5.41, 5.74) is 6.01. The molecule has 4 aromatic rings. The summed E-state index contributed by atoms with van der Waals surface area (Å²) >= 11 is 0. The average molecular weight is 573 g/mol. The SMILES string of the molecule is C/C=C/C(F)(F)c1ccc(CN2CCc3[nH]c4ccc(C(=O)NC5CCN(c6ccc(F)cc6)CC5)cc4c3C2)cc1. The molecule has 0 spiro atoms. The van der Waals surface area contributed by atoms with Crippen molar-refractivity contribution in [3.8, 4) is 0 Å². The number of carbonyl (C=O) groups excluding carboxylic acids is 1. The van der Waals surface area contributed by atoms with Gasteiger partial charge in [0.25, 0.3) is 11.8 Å². The zero-order valence-corrected chi connectivity index (χ0v) is 23.7. The minimum absolute atomic E-state index is 0.00820. The summed E-state index contributed by atoms with van der Waals surface area (Å²) in [4.78, 5) is 21.3. The van der Waals surface area contributed by atoms with Crippen LogP contribution in [-0.2, 0) is 25.4 Å². The fourth-order valence-corrected chi connectivity index (χ4v) is 6.15. The Balaban J connectivity index is 1.10. The van der Waals surface area contributed by atoms with Gasteiger partial charge in [0.2, 0.25) is 0 Å². The number of anilines is 1. The molecule has 1 fully saturated rings. The second-order valence-electron chi connectivity index (χ2n) is 11.3. The van der Waals surface area contributed by atoms with Gasteiger partial charge in [0, 0.05) is 78.6 Å². The summed E-state index contributed by atoms with van der Waals surface area (Å²) in [6.07, 6.45) is 4.80. The molecule has 0 radical (unpaired) electrons. The number of nitrogens with one attached hydrogen (secondary N) is 2. The van der Waals surface area contributed by atoms with E-state index in [9.17, 15) is 18.0 Å². The molecule has 3 heterocycles. The maximum Gasteiger partial charge on any atom is 0.291 e. The van der Waals surface area contributed by atoms with E-state index in [0.717, 1.165) is 73.7 Å². The first kappa shape index (κ1) is 28.1. The lowest BCUT2D eigenvalue weighted by Gasteiger charge is -2.34. The summed E-state index contributed by atoms with van der Waals surface area (Å²) in [6, 6.07) is 19.0. The number of piperidine rings is 1. The average Bonchev–Trinajstić information content (AvgIpc) is 3.35. The minimum Gasteiger partial charge on any atom is -0.371 e. The van der Waals surface area contributed by atoms with E-state index < -0.39 is 5.92 Å². The number of benzene rings is 3. The van der Waals surface area contributed by atoms with Gasteiger partial charge in [-0.15, -0.1) is 0 Å². The molecule has 42 heavy (non-hydrogen) atoms. The molecule has 1 aromatic heterocycles. The summed E-state index contributed by atoms with van der Waals surface area (Å²) in [5.74, 6) is -3.29. The number of aromatic amines is 1. The Kier molecular flexibility index (Phi) is 7.82. The van der Waals surface area contributed by atoms with E-state index in [1.165, 1.54) is 41.6 Å². The normalized spacial score (nSPS) is 16.7. The summed E-state index contributed by atoms with van der Waals surface area (Å²) < 4.78 is 41.7. The number of amides is 1. The molecule has 2 N–H and O–H groups in total. The van der Waals surface area contributed by atoms with Crippen molar-refractivity contribution in [2.45, 2.75) is 51.2 Å². The van der Waals surface area contributed by atoms with Crippen molar-refractivity contribution in [3.05, 3.63) is 113 Å². The summed E-state index contributed by atoms with van der Waals surface area (Å²) in [5, 5.41) is 4.26. The molecule has 0 unspecified atom stereocenters. The van der Waals surface area contributed by atoms with Crippen LogP contribution in [0.3, 0.4) is 0 Å². The van der Waals surface area contributed by atoms with Gasteiger partial charge in [-0.2, -0.15) is 8.78 Å². The van der Waals surface area contributed by atoms with Crippen LogP contribution in [0.2, 0.25) is 0 Å². The quantitative estimate of drug-likeness (QED) is 0.236. The highest BCUT2D eigenvalue weighted by Crippen LogP contribution is 2.32. The lowest BCUT2D eigenvalue weighted by atomic mass is 10.0. The molecule has 2 aliphatic heterocycles. The fourth-order valence-electron chi connectivity index (χ4n) is 6.15. The predicted molar refractivity (Wildman–Crippen MR) is 160 cm³/mol. The number of alkyl halides is 2. The van der Waals surface area contributed by atoms with Crippen LogP contribution < -0.4 is 10.2 Å². The van der Waals surface area contributed by atoms with E-state index in [2.05, 4.69) is 20.1 Å². The van der Waals surface area contributed by atoms with Crippen molar-refractivity contribution in [2.24, 2.45) is 0 Å². The highest BCUT2D eigenvalue weighted by atomic mass is 19.3. The molecule has 0 bridgehead atoms. The number of nitrogens with zero attached hydrogens (tertiary/aromatic N) is 2. The Morgan fingerprint density at radius 1 is 1.02 bits per heavy atom. The third-order valence-electron chi connectivity index (χ3n) is 8.46. The zero-order chi connectivity index (χ0) is 29.3. The van der Waals surface area contributed by atoms with Crippen LogP contribution in [0.4, 0.5) is 18.9 Å². The number of halogens is 3. The molecular formula is C34H35F3N4O. The number of carbonyl (C=O) groups is 1. The van der Waals surface area contributed by atoms with Gasteiger partial charge in [0.05, 0.1) is 0 Å². The van der Waals surface area contributed by atoms with Gasteiger partial charge in [0.15, 0.2) is 0 Å². The molecule has 1 amide bonds. The van der Waals surface area contributed by atoms with Crippen molar-refractivity contribution >= 4 is 22.5 Å². The number of fused-ring (bicyclic) bond motifs is 3. The van der Waals surface area contributed by atoms with Crippen LogP contribution in [0.15, 0.2) is 78.9 Å². The van der Waals surface area contributed by atoms with E-state index >= 15 is 0 Å². The van der Waals surface area contributed by atoms with Gasteiger partial charge < -0.3 is 15.2 Å². The first-order chi connectivity index (χ1) is 20.3. The van der Waals surface area contributed by atoms with E-state index in [0.29, 0.717) is 12.1 Å². The smallest absolute Gasteiger partial charge is 0.291 e. The van der Waals surface area contributed by atoms with Crippen LogP contribution in [0.5, 0.6) is 0 Å². The first-order valence-corrected chi connectivity index (χ1v) is 14.6. The number of allylic oxidation sites excluding steroid dienone is 2. The van der Waals surface area contributed by atoms with Gasteiger partial charge >= 0.3 is 0 Å². The molecule has 1 saturated heterocycles. The number of H-pyrrole nitrogens is 1. The van der Waals surface area contributed by atoms with Crippen LogP contribution in [0.1, 0.15) is 52.5 Å². The standard InChI is InChI=1S/C34H35F3N4O/c1-2-16-34(36,37)25-6-3-23(4-7-25)21-40-17-15-32-30(22-40)29-20-24(5-12-31(29)39-32)33(42)38-27-13-18-41(19-14-27)28-10-8-26(35)9-11-28/h2-12,16,20,27,39H,13-15,17-19,21-22H2,1H3,(H,38,42)/b16-2+. The molecule has 0 atom stereocenters. The Morgan fingerprint density at radius 2 is 1.76 bits per heavy atom. The summed E-state index contributed by atoms with van der Waals surface area (Å²) in [6.45, 7) is 5.45. The van der Waals surface area contributed by atoms with E-state index in [-0.39, 0.29) is 23.3 Å². The third-order valence-corrected chi connectivity index (χ3v) is 8.46. The predicted octanol–water partition coefficient (Wildman–Crippen LogP) is 6.93. The van der Waals surface area contributed by atoms with Gasteiger partial charge in [-0.05, 0) is 79.4 Å². The second-order valence-corrected chi connectivity index (χ2v) is 11.3. The first-order valence-electron chi connectivity index (χ1n) is 14.6. The molecule has 5 nitrogen and oxygen atoms in total. The highest BCUT2D eigenvalue weighted by Gasteiger charge is 2.28. The van der Waals surface area contributed by atoms with Crippen LogP contribution in [0.25, 0.3) is 10.9 Å². The largest absolute Gasteiger partial charge is 0.371 e.